The maximum absolute atomic E-state index is 6.25. The number of nitrogens with zero attached hydrogens (tertiary/aromatic N) is 1. The Bertz CT molecular complexity index is 3230. The lowest BCUT2D eigenvalue weighted by atomic mass is 9.93. The van der Waals surface area contributed by atoms with Crippen LogP contribution in [0.1, 0.15) is 25.6 Å². The van der Waals surface area contributed by atoms with E-state index in [0.717, 1.165) is 88.8 Å². The molecule has 12 rings (SSSR count). The van der Waals surface area contributed by atoms with E-state index in [-0.39, 0.29) is 6.17 Å². The first-order valence-corrected chi connectivity index (χ1v) is 20.4. The molecule has 1 aliphatic rings. The summed E-state index contributed by atoms with van der Waals surface area (Å²) in [6.45, 7) is 4.00. The third-order valence-electron chi connectivity index (χ3n) is 11.6. The average Bonchev–Trinajstić information content (AvgIpc) is 4.01. The normalized spacial score (nSPS) is 13.5. The quantitative estimate of drug-likeness (QED) is 0.190. The highest BCUT2D eigenvalue weighted by Crippen LogP contribution is 2.51. The monoisotopic (exact) mass is 760 g/mol. The number of anilines is 3. The van der Waals surface area contributed by atoms with Gasteiger partial charge in [0, 0.05) is 32.8 Å². The fourth-order valence-corrected chi connectivity index (χ4v) is 8.89. The van der Waals surface area contributed by atoms with Crippen LogP contribution in [-0.2, 0) is 0 Å². The molecule has 4 nitrogen and oxygen atoms in total. The molecule has 11 aromatic rings. The van der Waals surface area contributed by atoms with Gasteiger partial charge in [-0.05, 0) is 123 Å². The molecule has 1 aliphatic heterocycles. The summed E-state index contributed by atoms with van der Waals surface area (Å²) in [4.78, 5) is 2.45. The molecular formula is C55H40N2O2. The van der Waals surface area contributed by atoms with Gasteiger partial charge in [0.1, 0.15) is 28.5 Å². The van der Waals surface area contributed by atoms with Gasteiger partial charge in [-0.2, -0.15) is 0 Å². The van der Waals surface area contributed by atoms with Crippen LogP contribution in [0.25, 0.3) is 88.0 Å². The number of para-hydroxylation sites is 4. The van der Waals surface area contributed by atoms with Crippen LogP contribution in [0.2, 0.25) is 0 Å². The summed E-state index contributed by atoms with van der Waals surface area (Å²) in [5.74, 6) is 0. The highest BCUT2D eigenvalue weighted by Gasteiger charge is 2.33. The predicted molar refractivity (Wildman–Crippen MR) is 248 cm³/mol. The van der Waals surface area contributed by atoms with E-state index in [1.54, 1.807) is 0 Å². The van der Waals surface area contributed by atoms with E-state index in [2.05, 4.69) is 180 Å². The fraction of sp³-hybridized carbons (Fsp3) is 0.0545. The molecule has 0 saturated heterocycles. The molecule has 1 unspecified atom stereocenters. The summed E-state index contributed by atoms with van der Waals surface area (Å²) >= 11 is 0. The summed E-state index contributed by atoms with van der Waals surface area (Å²) < 4.78 is 12.5. The third-order valence-corrected chi connectivity index (χ3v) is 11.6. The van der Waals surface area contributed by atoms with Gasteiger partial charge in [-0.15, -0.1) is 0 Å². The molecule has 4 heteroatoms. The van der Waals surface area contributed by atoms with Crippen molar-refractivity contribution >= 4 is 71.7 Å². The Labute approximate surface area is 342 Å². The van der Waals surface area contributed by atoms with Crippen LogP contribution < -0.4 is 10.2 Å². The summed E-state index contributed by atoms with van der Waals surface area (Å²) in [5, 5.41) is 11.0. The highest BCUT2D eigenvalue weighted by molar-refractivity contribution is 6.08. The predicted octanol–water partition coefficient (Wildman–Crippen LogP) is 15.9. The van der Waals surface area contributed by atoms with Crippen molar-refractivity contribution < 1.29 is 8.83 Å². The molecule has 0 spiro atoms. The SMILES string of the molecule is CC.c1ccc(N2c3cccc(-c4ccc5ccccc5c4)c3NC2c2cc(-c3ccc4oc5ccccc5c4c3)cc(-c3ccc4oc5ccccc5c4c3)c2)cc1. The van der Waals surface area contributed by atoms with Crippen molar-refractivity contribution in [3.05, 3.63) is 200 Å². The average molecular weight is 761 g/mol. The molecular weight excluding hydrogens is 721 g/mol. The van der Waals surface area contributed by atoms with Crippen molar-refractivity contribution in [1.29, 1.82) is 0 Å². The molecule has 59 heavy (non-hydrogen) atoms. The van der Waals surface area contributed by atoms with Gasteiger partial charge in [0.15, 0.2) is 0 Å². The fourth-order valence-electron chi connectivity index (χ4n) is 8.89. The number of benzene rings is 9. The highest BCUT2D eigenvalue weighted by atomic mass is 16.3. The summed E-state index contributed by atoms with van der Waals surface area (Å²) in [6.07, 6.45) is -0.195. The topological polar surface area (TPSA) is 41.5 Å². The first-order chi connectivity index (χ1) is 29.2. The minimum Gasteiger partial charge on any atom is -0.456 e. The number of nitrogens with one attached hydrogen (secondary N) is 1. The molecule has 0 saturated carbocycles. The molecule has 1 N–H and O–H groups in total. The molecule has 0 fully saturated rings. The van der Waals surface area contributed by atoms with Gasteiger partial charge in [-0.3, -0.25) is 0 Å². The van der Waals surface area contributed by atoms with Gasteiger partial charge in [0.25, 0.3) is 0 Å². The Morgan fingerprint density at radius 2 is 0.966 bits per heavy atom. The lowest BCUT2D eigenvalue weighted by Gasteiger charge is -2.28. The zero-order valence-corrected chi connectivity index (χ0v) is 32.8. The Hall–Kier alpha value is -7.56. The molecule has 0 amide bonds. The second-order valence-corrected chi connectivity index (χ2v) is 15.0. The Kier molecular flexibility index (Phi) is 8.30. The summed E-state index contributed by atoms with van der Waals surface area (Å²) in [6, 6.07) is 69.4. The summed E-state index contributed by atoms with van der Waals surface area (Å²) in [5.41, 5.74) is 15.0. The van der Waals surface area contributed by atoms with Gasteiger partial charge in [-0.1, -0.05) is 129 Å². The van der Waals surface area contributed by atoms with E-state index in [4.69, 9.17) is 8.83 Å². The first kappa shape index (κ1) is 34.7. The van der Waals surface area contributed by atoms with Crippen molar-refractivity contribution in [2.24, 2.45) is 0 Å². The van der Waals surface area contributed by atoms with Gasteiger partial charge in [0.05, 0.1) is 11.4 Å². The van der Waals surface area contributed by atoms with Crippen molar-refractivity contribution in [1.82, 2.24) is 0 Å². The Morgan fingerprint density at radius 3 is 1.63 bits per heavy atom. The minimum absolute atomic E-state index is 0.195. The van der Waals surface area contributed by atoms with E-state index in [0.29, 0.717) is 0 Å². The van der Waals surface area contributed by atoms with Gasteiger partial charge in [-0.25, -0.2) is 0 Å². The smallest absolute Gasteiger partial charge is 0.135 e. The molecule has 3 heterocycles. The van der Waals surface area contributed by atoms with E-state index in [1.165, 1.54) is 21.9 Å². The molecule has 9 aromatic carbocycles. The zero-order chi connectivity index (χ0) is 39.5. The van der Waals surface area contributed by atoms with E-state index in [9.17, 15) is 0 Å². The Balaban J connectivity index is 0.00000196. The van der Waals surface area contributed by atoms with Crippen LogP contribution in [-0.4, -0.2) is 0 Å². The van der Waals surface area contributed by atoms with Crippen LogP contribution in [0.4, 0.5) is 17.1 Å². The molecule has 0 radical (unpaired) electrons. The molecule has 0 aliphatic carbocycles. The largest absolute Gasteiger partial charge is 0.456 e. The van der Waals surface area contributed by atoms with Crippen molar-refractivity contribution in [2.45, 2.75) is 20.0 Å². The molecule has 0 bridgehead atoms. The maximum Gasteiger partial charge on any atom is 0.135 e. The van der Waals surface area contributed by atoms with Gasteiger partial charge < -0.3 is 19.1 Å². The van der Waals surface area contributed by atoms with Crippen molar-refractivity contribution in [3.8, 4) is 33.4 Å². The molecule has 282 valence electrons. The second-order valence-electron chi connectivity index (χ2n) is 15.0. The third kappa shape index (κ3) is 5.83. The van der Waals surface area contributed by atoms with E-state index < -0.39 is 0 Å². The van der Waals surface area contributed by atoms with Gasteiger partial charge in [0.2, 0.25) is 0 Å². The van der Waals surface area contributed by atoms with Crippen molar-refractivity contribution in [2.75, 3.05) is 10.2 Å². The number of rotatable bonds is 5. The minimum atomic E-state index is -0.195. The maximum atomic E-state index is 6.25. The van der Waals surface area contributed by atoms with E-state index in [1.807, 2.05) is 38.1 Å². The van der Waals surface area contributed by atoms with Crippen LogP contribution >= 0.6 is 0 Å². The Morgan fingerprint density at radius 1 is 0.407 bits per heavy atom. The van der Waals surface area contributed by atoms with Gasteiger partial charge >= 0.3 is 0 Å². The lowest BCUT2D eigenvalue weighted by Crippen LogP contribution is -2.23. The standard InChI is InChI=1S/C53H34N2O2.C2H6/c1-2-13-41(14-3-1)55-47-18-10-17-42(37-22-21-33-11-4-5-12-34(33)27-37)52(47)54-53(55)40-29-38(35-23-25-50-45(31-35)43-15-6-8-19-48(43)56-50)28-39(30-40)36-24-26-51-46(32-36)44-16-7-9-20-49(44)57-51;1-2/h1-32,53-54H;1-2H3. The number of furan rings is 2. The number of fused-ring (bicyclic) bond motifs is 8. The van der Waals surface area contributed by atoms with Crippen molar-refractivity contribution in [3.63, 3.8) is 0 Å². The lowest BCUT2D eigenvalue weighted by molar-refractivity contribution is 0.668. The molecule has 2 aromatic heterocycles. The second kappa shape index (κ2) is 14.1. The summed E-state index contributed by atoms with van der Waals surface area (Å²) in [7, 11) is 0. The number of hydrogen-bond donors (Lipinski definition) is 1. The van der Waals surface area contributed by atoms with Crippen LogP contribution in [0, 0.1) is 0 Å². The van der Waals surface area contributed by atoms with Crippen LogP contribution in [0.5, 0.6) is 0 Å². The number of hydrogen-bond acceptors (Lipinski definition) is 4. The first-order valence-electron chi connectivity index (χ1n) is 20.4. The zero-order valence-electron chi connectivity index (χ0n) is 32.8. The van der Waals surface area contributed by atoms with Crippen LogP contribution in [0.15, 0.2) is 203 Å². The van der Waals surface area contributed by atoms with E-state index >= 15 is 0 Å². The molecule has 1 atom stereocenters. The van der Waals surface area contributed by atoms with Crippen LogP contribution in [0.3, 0.4) is 0 Å².